The molecule has 1 aromatic heterocycles. The molecule has 5 nitrogen and oxygen atoms in total. The van der Waals surface area contributed by atoms with Crippen molar-refractivity contribution >= 4 is 5.97 Å². The lowest BCUT2D eigenvalue weighted by Gasteiger charge is -2.09. The number of ether oxygens (including phenoxy) is 2. The SMILES string of the molecule is CC(C)COCCOc1cccnc1C(=O)O. The molecule has 0 atom stereocenters. The molecule has 17 heavy (non-hydrogen) atoms. The Bertz CT molecular complexity index is 365. The summed E-state index contributed by atoms with van der Waals surface area (Å²) in [6.45, 7) is 5.54. The third-order valence-corrected chi connectivity index (χ3v) is 1.91. The summed E-state index contributed by atoms with van der Waals surface area (Å²) in [6.07, 6.45) is 1.42. The van der Waals surface area contributed by atoms with E-state index in [-0.39, 0.29) is 11.4 Å². The standard InChI is InChI=1S/C12H17NO4/c1-9(2)8-16-6-7-17-10-4-3-5-13-11(10)12(14)15/h3-5,9H,6-8H2,1-2H3,(H,14,15). The number of carboxylic acid groups (broad SMARTS) is 1. The van der Waals surface area contributed by atoms with Crippen molar-refractivity contribution in [2.45, 2.75) is 13.8 Å². The molecule has 0 unspecified atom stereocenters. The van der Waals surface area contributed by atoms with Gasteiger partial charge in [-0.3, -0.25) is 0 Å². The summed E-state index contributed by atoms with van der Waals surface area (Å²) in [4.78, 5) is 14.6. The monoisotopic (exact) mass is 239 g/mol. The van der Waals surface area contributed by atoms with Gasteiger partial charge >= 0.3 is 5.97 Å². The zero-order valence-corrected chi connectivity index (χ0v) is 10.0. The van der Waals surface area contributed by atoms with Gasteiger partial charge in [-0.1, -0.05) is 13.8 Å². The van der Waals surface area contributed by atoms with Crippen LogP contribution in [0.3, 0.4) is 0 Å². The van der Waals surface area contributed by atoms with Gasteiger partial charge in [-0.25, -0.2) is 9.78 Å². The van der Waals surface area contributed by atoms with E-state index in [0.29, 0.717) is 25.7 Å². The number of pyridine rings is 1. The second-order valence-electron chi connectivity index (χ2n) is 3.97. The number of carbonyl (C=O) groups is 1. The molecule has 0 aliphatic heterocycles. The van der Waals surface area contributed by atoms with E-state index in [9.17, 15) is 4.79 Å². The van der Waals surface area contributed by atoms with Crippen LogP contribution in [0.15, 0.2) is 18.3 Å². The second-order valence-corrected chi connectivity index (χ2v) is 3.97. The minimum atomic E-state index is -1.09. The third-order valence-electron chi connectivity index (χ3n) is 1.91. The fourth-order valence-electron chi connectivity index (χ4n) is 1.20. The molecule has 0 aromatic carbocycles. The van der Waals surface area contributed by atoms with Crippen LogP contribution < -0.4 is 4.74 Å². The third kappa shape index (κ3) is 4.82. The Kier molecular flexibility index (Phi) is 5.42. The smallest absolute Gasteiger partial charge is 0.358 e. The van der Waals surface area contributed by atoms with Crippen molar-refractivity contribution in [3.8, 4) is 5.75 Å². The number of rotatable bonds is 7. The number of nitrogens with zero attached hydrogens (tertiary/aromatic N) is 1. The van der Waals surface area contributed by atoms with Gasteiger partial charge in [0.2, 0.25) is 0 Å². The highest BCUT2D eigenvalue weighted by molar-refractivity contribution is 5.88. The van der Waals surface area contributed by atoms with Gasteiger partial charge in [0.05, 0.1) is 6.61 Å². The molecule has 0 radical (unpaired) electrons. The van der Waals surface area contributed by atoms with Crippen molar-refractivity contribution in [1.82, 2.24) is 4.98 Å². The second kappa shape index (κ2) is 6.85. The van der Waals surface area contributed by atoms with Crippen LogP contribution in [-0.2, 0) is 4.74 Å². The van der Waals surface area contributed by atoms with Crippen molar-refractivity contribution in [1.29, 1.82) is 0 Å². The van der Waals surface area contributed by atoms with Gasteiger partial charge in [0.1, 0.15) is 6.61 Å². The summed E-state index contributed by atoms with van der Waals surface area (Å²) in [6, 6.07) is 3.22. The maximum Gasteiger partial charge on any atom is 0.358 e. The Balaban J connectivity index is 2.39. The molecule has 1 N–H and O–H groups in total. The van der Waals surface area contributed by atoms with E-state index in [2.05, 4.69) is 18.8 Å². The van der Waals surface area contributed by atoms with Gasteiger partial charge in [0, 0.05) is 12.8 Å². The molecule has 0 saturated heterocycles. The highest BCUT2D eigenvalue weighted by Gasteiger charge is 2.11. The summed E-state index contributed by atoms with van der Waals surface area (Å²) in [7, 11) is 0. The minimum Gasteiger partial charge on any atom is -0.489 e. The Labute approximate surface area is 100 Å². The molecule has 0 saturated carbocycles. The van der Waals surface area contributed by atoms with Crippen molar-refractivity contribution in [2.24, 2.45) is 5.92 Å². The topological polar surface area (TPSA) is 68.7 Å². The molecule has 0 fully saturated rings. The Morgan fingerprint density at radius 2 is 2.24 bits per heavy atom. The summed E-state index contributed by atoms with van der Waals surface area (Å²) >= 11 is 0. The van der Waals surface area contributed by atoms with Gasteiger partial charge in [-0.05, 0) is 18.1 Å². The molecule has 94 valence electrons. The molecule has 0 spiro atoms. The van der Waals surface area contributed by atoms with E-state index in [1.54, 1.807) is 12.1 Å². The van der Waals surface area contributed by atoms with E-state index >= 15 is 0 Å². The zero-order valence-electron chi connectivity index (χ0n) is 10.0. The average molecular weight is 239 g/mol. The van der Waals surface area contributed by atoms with Crippen molar-refractivity contribution in [3.05, 3.63) is 24.0 Å². The van der Waals surface area contributed by atoms with E-state index < -0.39 is 5.97 Å². The first-order valence-corrected chi connectivity index (χ1v) is 5.50. The van der Waals surface area contributed by atoms with E-state index in [0.717, 1.165) is 0 Å². The number of hydrogen-bond acceptors (Lipinski definition) is 4. The fraction of sp³-hybridized carbons (Fsp3) is 0.500. The largest absolute Gasteiger partial charge is 0.489 e. The maximum atomic E-state index is 10.8. The van der Waals surface area contributed by atoms with Gasteiger partial charge in [-0.15, -0.1) is 0 Å². The zero-order chi connectivity index (χ0) is 12.7. The quantitative estimate of drug-likeness (QED) is 0.735. The normalized spacial score (nSPS) is 10.5. The van der Waals surface area contributed by atoms with E-state index in [4.69, 9.17) is 14.6 Å². The fourth-order valence-corrected chi connectivity index (χ4v) is 1.20. The highest BCUT2D eigenvalue weighted by Crippen LogP contribution is 2.14. The Hall–Kier alpha value is -1.62. The summed E-state index contributed by atoms with van der Waals surface area (Å²) in [5.41, 5.74) is -0.0728. The molecular formula is C12H17NO4. The molecule has 0 aliphatic carbocycles. The molecular weight excluding hydrogens is 222 g/mol. The molecule has 0 bridgehead atoms. The first kappa shape index (κ1) is 13.4. The number of carboxylic acids is 1. The minimum absolute atomic E-state index is 0.0728. The molecule has 5 heteroatoms. The summed E-state index contributed by atoms with van der Waals surface area (Å²) in [5, 5.41) is 8.87. The van der Waals surface area contributed by atoms with Gasteiger partial charge in [0.25, 0.3) is 0 Å². The van der Waals surface area contributed by atoms with Crippen LogP contribution in [0.25, 0.3) is 0 Å². The van der Waals surface area contributed by atoms with Gasteiger partial charge < -0.3 is 14.6 Å². The van der Waals surface area contributed by atoms with Gasteiger partial charge in [-0.2, -0.15) is 0 Å². The highest BCUT2D eigenvalue weighted by atomic mass is 16.5. The van der Waals surface area contributed by atoms with Crippen LogP contribution >= 0.6 is 0 Å². The average Bonchev–Trinajstić information content (AvgIpc) is 2.28. The summed E-state index contributed by atoms with van der Waals surface area (Å²) in [5.74, 6) is -0.347. The van der Waals surface area contributed by atoms with Crippen molar-refractivity contribution < 1.29 is 19.4 Å². The predicted octanol–water partition coefficient (Wildman–Crippen LogP) is 1.83. The van der Waals surface area contributed by atoms with Crippen molar-refractivity contribution in [3.63, 3.8) is 0 Å². The van der Waals surface area contributed by atoms with Crippen molar-refractivity contribution in [2.75, 3.05) is 19.8 Å². The molecule has 0 amide bonds. The predicted molar refractivity (Wildman–Crippen MR) is 62.3 cm³/mol. The van der Waals surface area contributed by atoms with Crippen LogP contribution in [0.1, 0.15) is 24.3 Å². The molecule has 1 aromatic rings. The molecule has 1 heterocycles. The first-order chi connectivity index (χ1) is 8.11. The molecule has 0 aliphatic rings. The first-order valence-electron chi connectivity index (χ1n) is 5.50. The van der Waals surface area contributed by atoms with Crippen LogP contribution in [0, 0.1) is 5.92 Å². The van der Waals surface area contributed by atoms with E-state index in [1.165, 1.54) is 6.20 Å². The molecule has 1 rings (SSSR count). The summed E-state index contributed by atoms with van der Waals surface area (Å²) < 4.78 is 10.6. The number of aromatic carboxylic acids is 1. The Morgan fingerprint density at radius 1 is 1.47 bits per heavy atom. The van der Waals surface area contributed by atoms with Crippen LogP contribution in [0.2, 0.25) is 0 Å². The number of aromatic nitrogens is 1. The van der Waals surface area contributed by atoms with Crippen LogP contribution in [-0.4, -0.2) is 35.9 Å². The Morgan fingerprint density at radius 3 is 2.88 bits per heavy atom. The maximum absolute atomic E-state index is 10.8. The number of hydrogen-bond donors (Lipinski definition) is 1. The lowest BCUT2D eigenvalue weighted by atomic mass is 10.2. The van der Waals surface area contributed by atoms with E-state index in [1.807, 2.05) is 0 Å². The van der Waals surface area contributed by atoms with Crippen LogP contribution in [0.4, 0.5) is 0 Å². The lowest BCUT2D eigenvalue weighted by molar-refractivity contribution is 0.0670. The lowest BCUT2D eigenvalue weighted by Crippen LogP contribution is -2.12. The van der Waals surface area contributed by atoms with Crippen LogP contribution in [0.5, 0.6) is 5.75 Å². The van der Waals surface area contributed by atoms with Gasteiger partial charge in [0.15, 0.2) is 11.4 Å².